The first kappa shape index (κ1) is 48.6. The molecule has 1 aliphatic rings. The highest BCUT2D eigenvalue weighted by molar-refractivity contribution is 5.89. The minimum absolute atomic E-state index is 0.0680. The molecular weight excluding hydrogens is 901 g/mol. The summed E-state index contributed by atoms with van der Waals surface area (Å²) in [5.74, 6) is 0.408. The number of allylic oxidation sites excluding steroid dienone is 5. The van der Waals surface area contributed by atoms with Crippen LogP contribution < -0.4 is 20.0 Å². The molecule has 6 heteroatoms. The minimum Gasteiger partial charge on any atom is -0.355 e. The van der Waals surface area contributed by atoms with Gasteiger partial charge in [-0.05, 0) is 165 Å². The van der Waals surface area contributed by atoms with Crippen molar-refractivity contribution in [1.82, 2.24) is 9.97 Å². The molecule has 1 heterocycles. The van der Waals surface area contributed by atoms with E-state index in [0.717, 1.165) is 114 Å². The molecule has 0 bridgehead atoms. The quantitative estimate of drug-likeness (QED) is 0.0918. The molecule has 9 aromatic rings. The molecule has 6 nitrogen and oxygen atoms in total. The molecule has 0 saturated carbocycles. The highest BCUT2D eigenvalue weighted by atomic mass is 15.2. The molecular formula is C68H62N6. The van der Waals surface area contributed by atoms with Crippen LogP contribution in [0.4, 0.5) is 51.2 Å². The van der Waals surface area contributed by atoms with Crippen LogP contribution in [0.25, 0.3) is 39.6 Å². The summed E-state index contributed by atoms with van der Waals surface area (Å²) in [4.78, 5) is 17.8. The van der Waals surface area contributed by atoms with Crippen molar-refractivity contribution in [3.8, 4) is 22.5 Å². The summed E-state index contributed by atoms with van der Waals surface area (Å²) in [6, 6.07) is 68.8. The van der Waals surface area contributed by atoms with Gasteiger partial charge in [0.25, 0.3) is 0 Å². The van der Waals surface area contributed by atoms with Gasteiger partial charge in [0, 0.05) is 74.1 Å². The topological polar surface area (TPSA) is 47.5 Å². The Bertz CT molecular complexity index is 3500. The zero-order valence-electron chi connectivity index (χ0n) is 42.7. The lowest BCUT2D eigenvalue weighted by Crippen LogP contribution is -2.27. The van der Waals surface area contributed by atoms with Crippen molar-refractivity contribution in [3.05, 3.63) is 266 Å². The minimum atomic E-state index is 0.0680. The van der Waals surface area contributed by atoms with E-state index >= 15 is 0 Å². The SMILES string of the molecule is C=CCc1ccccc1N(c1ccc(N(C2=CC(C)CC=C2)c2ccc(-c3nc4cccc(C)c4nc3-c3ccc(N(c4ccccc4)c4ccc(Nc5ccccc5/C=C/C)cc4)cc3)cc2)cc1)C(C)C=C. The summed E-state index contributed by atoms with van der Waals surface area (Å²) in [6.07, 6.45) is 16.8. The Hall–Kier alpha value is -9.00. The molecule has 0 saturated heterocycles. The van der Waals surface area contributed by atoms with Crippen LogP contribution in [-0.4, -0.2) is 16.0 Å². The van der Waals surface area contributed by atoms with Gasteiger partial charge in [-0.1, -0.05) is 134 Å². The van der Waals surface area contributed by atoms with Gasteiger partial charge in [0.1, 0.15) is 0 Å². The summed E-state index contributed by atoms with van der Waals surface area (Å²) < 4.78 is 0. The number of benzene rings is 8. The van der Waals surface area contributed by atoms with Gasteiger partial charge in [-0.15, -0.1) is 13.2 Å². The third kappa shape index (κ3) is 10.3. The van der Waals surface area contributed by atoms with Crippen molar-refractivity contribution in [1.29, 1.82) is 0 Å². The molecule has 1 N–H and O–H groups in total. The number of fused-ring (bicyclic) bond motifs is 1. The van der Waals surface area contributed by atoms with Crippen LogP contribution in [-0.2, 0) is 6.42 Å². The van der Waals surface area contributed by atoms with Crippen LogP contribution in [0, 0.1) is 12.8 Å². The number of hydrogen-bond acceptors (Lipinski definition) is 6. The average Bonchev–Trinajstić information content (AvgIpc) is 3.44. The van der Waals surface area contributed by atoms with Gasteiger partial charge in [0.15, 0.2) is 0 Å². The van der Waals surface area contributed by atoms with Crippen molar-refractivity contribution in [2.24, 2.45) is 5.92 Å². The second-order valence-electron chi connectivity index (χ2n) is 18.9. The third-order valence-electron chi connectivity index (χ3n) is 13.7. The maximum atomic E-state index is 5.41. The van der Waals surface area contributed by atoms with E-state index < -0.39 is 0 Å². The van der Waals surface area contributed by atoms with Gasteiger partial charge < -0.3 is 20.0 Å². The predicted molar refractivity (Wildman–Crippen MR) is 316 cm³/mol. The largest absolute Gasteiger partial charge is 0.355 e. The first-order valence-corrected chi connectivity index (χ1v) is 25.6. The van der Waals surface area contributed by atoms with E-state index in [1.54, 1.807) is 0 Å². The number of anilines is 9. The van der Waals surface area contributed by atoms with E-state index in [2.05, 4.69) is 278 Å². The lowest BCUT2D eigenvalue weighted by atomic mass is 9.99. The molecule has 1 aromatic heterocycles. The molecule has 1 aliphatic carbocycles. The Balaban J connectivity index is 0.995. The average molecular weight is 963 g/mol. The fourth-order valence-electron chi connectivity index (χ4n) is 9.92. The van der Waals surface area contributed by atoms with E-state index in [-0.39, 0.29) is 6.04 Å². The van der Waals surface area contributed by atoms with Crippen LogP contribution in [0.1, 0.15) is 43.9 Å². The van der Waals surface area contributed by atoms with Gasteiger partial charge >= 0.3 is 0 Å². The molecule has 0 fully saturated rings. The number of nitrogens with zero attached hydrogens (tertiary/aromatic N) is 5. The summed E-state index contributed by atoms with van der Waals surface area (Å²) in [5.41, 5.74) is 19.6. The molecule has 0 aliphatic heterocycles. The zero-order valence-corrected chi connectivity index (χ0v) is 42.7. The number of aromatic nitrogens is 2. The maximum absolute atomic E-state index is 5.41. The summed E-state index contributed by atoms with van der Waals surface area (Å²) >= 11 is 0. The summed E-state index contributed by atoms with van der Waals surface area (Å²) in [6.45, 7) is 16.8. The van der Waals surface area contributed by atoms with E-state index in [0.29, 0.717) is 5.92 Å². The van der Waals surface area contributed by atoms with Crippen LogP contribution in [0.5, 0.6) is 0 Å². The van der Waals surface area contributed by atoms with Gasteiger partial charge in [0.2, 0.25) is 0 Å². The highest BCUT2D eigenvalue weighted by Gasteiger charge is 2.22. The fraction of sp³-hybridized carbons (Fsp3) is 0.118. The molecule has 10 rings (SSSR count). The number of aryl methyl sites for hydroxylation is 1. The second-order valence-corrected chi connectivity index (χ2v) is 18.9. The number of rotatable bonds is 17. The standard InChI is InChI=1S/C68H62N6/c1-7-19-51-23-13-15-28-63(51)69-55-35-41-60(42-36-55)73(56-25-11-10-12-26-56)58-37-33-54(34-38-58)68-67(70-64-29-18-22-49(5)66(64)71-68)53-31-39-59(40-32-53)74(62-27-17-21-48(4)47-62)61-45-43-57(44-46-61)72(50(6)9-3)65-30-16-14-24-52(65)20-8-2/h7-19,22-48,50,69H,2-3,20-21H2,1,4-6H3/b19-7+. The van der Waals surface area contributed by atoms with Crippen LogP contribution in [0.3, 0.4) is 0 Å². The molecule has 74 heavy (non-hydrogen) atoms. The molecule has 8 aromatic carbocycles. The van der Waals surface area contributed by atoms with Crippen molar-refractivity contribution in [3.63, 3.8) is 0 Å². The molecule has 0 radical (unpaired) electrons. The first-order valence-electron chi connectivity index (χ1n) is 25.6. The lowest BCUT2D eigenvalue weighted by molar-refractivity contribution is 0.726. The normalized spacial score (nSPS) is 13.6. The van der Waals surface area contributed by atoms with Crippen LogP contribution >= 0.6 is 0 Å². The van der Waals surface area contributed by atoms with Gasteiger partial charge in [-0.3, -0.25) is 0 Å². The number of nitrogens with one attached hydrogen (secondary N) is 1. The Labute approximate surface area is 437 Å². The molecule has 2 unspecified atom stereocenters. The Kier molecular flexibility index (Phi) is 14.6. The van der Waals surface area contributed by atoms with Crippen molar-refractivity contribution in [2.75, 3.05) is 20.0 Å². The second kappa shape index (κ2) is 22.2. The first-order chi connectivity index (χ1) is 36.3. The molecule has 2 atom stereocenters. The summed E-state index contributed by atoms with van der Waals surface area (Å²) in [7, 11) is 0. The maximum Gasteiger partial charge on any atom is 0.0973 e. The van der Waals surface area contributed by atoms with E-state index in [1.165, 1.54) is 5.56 Å². The smallest absolute Gasteiger partial charge is 0.0973 e. The van der Waals surface area contributed by atoms with Crippen LogP contribution in [0.2, 0.25) is 0 Å². The van der Waals surface area contributed by atoms with Crippen molar-refractivity contribution in [2.45, 2.75) is 46.6 Å². The van der Waals surface area contributed by atoms with Gasteiger partial charge in [-0.2, -0.15) is 0 Å². The molecule has 0 spiro atoms. The van der Waals surface area contributed by atoms with Crippen molar-refractivity contribution >= 4 is 68.3 Å². The summed E-state index contributed by atoms with van der Waals surface area (Å²) in [5, 5.41) is 3.62. The Morgan fingerprint density at radius 2 is 1.20 bits per heavy atom. The van der Waals surface area contributed by atoms with Crippen LogP contribution in [0.15, 0.2) is 249 Å². The van der Waals surface area contributed by atoms with Gasteiger partial charge in [0.05, 0.1) is 22.4 Å². The monoisotopic (exact) mass is 963 g/mol. The van der Waals surface area contributed by atoms with E-state index in [1.807, 2.05) is 19.1 Å². The van der Waals surface area contributed by atoms with Gasteiger partial charge in [-0.25, -0.2) is 9.97 Å². The van der Waals surface area contributed by atoms with Crippen molar-refractivity contribution < 1.29 is 0 Å². The fourth-order valence-corrected chi connectivity index (χ4v) is 9.92. The Morgan fingerprint density at radius 3 is 1.86 bits per heavy atom. The zero-order chi connectivity index (χ0) is 51.0. The highest BCUT2D eigenvalue weighted by Crippen LogP contribution is 2.41. The Morgan fingerprint density at radius 1 is 0.622 bits per heavy atom. The number of hydrogen-bond donors (Lipinski definition) is 1. The van der Waals surface area contributed by atoms with E-state index in [9.17, 15) is 0 Å². The molecule has 364 valence electrons. The molecule has 0 amide bonds. The number of para-hydroxylation sites is 4. The third-order valence-corrected chi connectivity index (χ3v) is 13.7. The van der Waals surface area contributed by atoms with E-state index in [4.69, 9.17) is 9.97 Å². The predicted octanol–water partition coefficient (Wildman–Crippen LogP) is 18.6. The lowest BCUT2D eigenvalue weighted by Gasteiger charge is -2.33.